The largest absolute Gasteiger partial charge is 0.277 e. The number of hydrogen-bond donors (Lipinski definition) is 1. The number of nitrogens with one attached hydrogen (secondary N) is 1. The highest BCUT2D eigenvalue weighted by atomic mass is 127. The van der Waals surface area contributed by atoms with E-state index in [-0.39, 0.29) is 0 Å². The third-order valence-electron chi connectivity index (χ3n) is 2.24. The first-order valence-corrected chi connectivity index (χ1v) is 5.67. The minimum absolute atomic E-state index is 1.08. The van der Waals surface area contributed by atoms with Crippen LogP contribution in [0.1, 0.15) is 12.5 Å². The minimum Gasteiger partial charge on any atom is -0.277 e. The molecule has 3 heteroatoms. The normalized spacial score (nSPS) is 10.4. The van der Waals surface area contributed by atoms with Gasteiger partial charge >= 0.3 is 0 Å². The van der Waals surface area contributed by atoms with Crippen molar-refractivity contribution in [2.75, 3.05) is 0 Å². The number of aromatic nitrogens is 2. The van der Waals surface area contributed by atoms with Crippen LogP contribution in [0, 0.1) is 3.57 Å². The van der Waals surface area contributed by atoms with Gasteiger partial charge in [-0.25, -0.2) is 0 Å². The summed E-state index contributed by atoms with van der Waals surface area (Å²) >= 11 is 2.28. The minimum atomic E-state index is 1.08. The fraction of sp³-hybridized carbons (Fsp3) is 0.182. The average molecular weight is 298 g/mol. The van der Waals surface area contributed by atoms with Gasteiger partial charge in [-0.15, -0.1) is 0 Å². The van der Waals surface area contributed by atoms with Crippen molar-refractivity contribution < 1.29 is 0 Å². The maximum Gasteiger partial charge on any atom is 0.0783 e. The summed E-state index contributed by atoms with van der Waals surface area (Å²) in [4.78, 5) is 0. The molecule has 0 radical (unpaired) electrons. The Bertz CT molecular complexity index is 417. The molecule has 2 aromatic rings. The summed E-state index contributed by atoms with van der Waals surface area (Å²) < 4.78 is 1.16. The van der Waals surface area contributed by atoms with E-state index < -0.39 is 0 Å². The molecule has 0 bridgehead atoms. The van der Waals surface area contributed by atoms with Crippen molar-refractivity contribution in [1.82, 2.24) is 10.2 Å². The van der Waals surface area contributed by atoms with Gasteiger partial charge in [0.05, 0.1) is 15.5 Å². The van der Waals surface area contributed by atoms with Crippen LogP contribution in [0.5, 0.6) is 0 Å². The summed E-state index contributed by atoms with van der Waals surface area (Å²) in [6.45, 7) is 2.16. The predicted octanol–water partition coefficient (Wildman–Crippen LogP) is 3.24. The van der Waals surface area contributed by atoms with E-state index in [0.29, 0.717) is 0 Å². The van der Waals surface area contributed by atoms with E-state index in [2.05, 4.69) is 64.0 Å². The van der Waals surface area contributed by atoms with Crippen LogP contribution in [-0.4, -0.2) is 10.2 Å². The number of nitrogens with zero attached hydrogens (tertiary/aromatic N) is 1. The Kier molecular flexibility index (Phi) is 2.86. The summed E-state index contributed by atoms with van der Waals surface area (Å²) in [6, 6.07) is 8.58. The van der Waals surface area contributed by atoms with Crippen LogP contribution >= 0.6 is 22.6 Å². The van der Waals surface area contributed by atoms with Gasteiger partial charge in [0.1, 0.15) is 0 Å². The maximum atomic E-state index is 4.01. The highest BCUT2D eigenvalue weighted by Crippen LogP contribution is 2.22. The quantitative estimate of drug-likeness (QED) is 0.847. The third kappa shape index (κ3) is 1.82. The van der Waals surface area contributed by atoms with E-state index in [4.69, 9.17) is 0 Å². The number of rotatable bonds is 2. The second-order valence-corrected chi connectivity index (χ2v) is 4.31. The Hall–Kier alpha value is -0.840. The lowest BCUT2D eigenvalue weighted by atomic mass is 10.1. The van der Waals surface area contributed by atoms with Crippen molar-refractivity contribution in [1.29, 1.82) is 0 Å². The molecule has 14 heavy (non-hydrogen) atoms. The smallest absolute Gasteiger partial charge is 0.0783 e. The number of aromatic amines is 1. The molecule has 0 fully saturated rings. The lowest BCUT2D eigenvalue weighted by Gasteiger charge is -2.00. The highest BCUT2D eigenvalue weighted by Gasteiger charge is 2.03. The predicted molar refractivity (Wildman–Crippen MR) is 66.1 cm³/mol. The van der Waals surface area contributed by atoms with Gasteiger partial charge in [-0.1, -0.05) is 31.2 Å². The Balaban J connectivity index is 2.39. The van der Waals surface area contributed by atoms with Gasteiger partial charge in [0, 0.05) is 5.56 Å². The molecule has 0 aliphatic carbocycles. The first-order valence-electron chi connectivity index (χ1n) is 4.59. The second-order valence-electron chi connectivity index (χ2n) is 3.14. The molecule has 0 aliphatic rings. The standard InChI is InChI=1S/C11H11IN2/c1-2-8-3-5-9(6-4-8)11-10(12)7-13-14-11/h3-7H,2H2,1H3,(H,13,14). The number of aryl methyl sites for hydroxylation is 1. The van der Waals surface area contributed by atoms with Crippen molar-refractivity contribution in [3.8, 4) is 11.3 Å². The molecular weight excluding hydrogens is 287 g/mol. The lowest BCUT2D eigenvalue weighted by molar-refractivity contribution is 1.09. The van der Waals surface area contributed by atoms with E-state index in [0.717, 1.165) is 15.7 Å². The number of benzene rings is 1. The van der Waals surface area contributed by atoms with Crippen molar-refractivity contribution in [3.63, 3.8) is 0 Å². The molecule has 0 unspecified atom stereocenters. The molecule has 0 saturated carbocycles. The molecule has 1 N–H and O–H groups in total. The molecule has 0 amide bonds. The fourth-order valence-corrected chi connectivity index (χ4v) is 1.95. The van der Waals surface area contributed by atoms with Crippen LogP contribution in [0.4, 0.5) is 0 Å². The molecule has 2 rings (SSSR count). The van der Waals surface area contributed by atoms with Crippen molar-refractivity contribution >= 4 is 22.6 Å². The van der Waals surface area contributed by atoms with Crippen LogP contribution in [0.3, 0.4) is 0 Å². The summed E-state index contributed by atoms with van der Waals surface area (Å²) in [7, 11) is 0. The van der Waals surface area contributed by atoms with Crippen LogP contribution in [0.25, 0.3) is 11.3 Å². The molecule has 72 valence electrons. The van der Waals surface area contributed by atoms with Gasteiger partial charge < -0.3 is 0 Å². The first kappa shape index (κ1) is 9.71. The molecular formula is C11H11IN2. The van der Waals surface area contributed by atoms with Gasteiger partial charge in [-0.2, -0.15) is 5.10 Å². The molecule has 0 aliphatic heterocycles. The zero-order valence-corrected chi connectivity index (χ0v) is 10.1. The van der Waals surface area contributed by atoms with Gasteiger partial charge in [-0.05, 0) is 34.6 Å². The maximum absolute atomic E-state index is 4.01. The molecule has 0 spiro atoms. The molecule has 1 aromatic carbocycles. The van der Waals surface area contributed by atoms with Crippen LogP contribution in [-0.2, 0) is 6.42 Å². The Morgan fingerprint density at radius 2 is 2.00 bits per heavy atom. The molecule has 1 aromatic heterocycles. The summed E-state index contributed by atoms with van der Waals surface area (Å²) in [5.41, 5.74) is 3.67. The summed E-state index contributed by atoms with van der Waals surface area (Å²) in [5.74, 6) is 0. The Morgan fingerprint density at radius 3 is 2.50 bits per heavy atom. The summed E-state index contributed by atoms with van der Waals surface area (Å²) in [6.07, 6.45) is 2.92. The van der Waals surface area contributed by atoms with Crippen LogP contribution in [0.15, 0.2) is 30.5 Å². The van der Waals surface area contributed by atoms with Crippen molar-refractivity contribution in [2.45, 2.75) is 13.3 Å². The van der Waals surface area contributed by atoms with Gasteiger partial charge in [0.25, 0.3) is 0 Å². The number of H-pyrrole nitrogens is 1. The molecule has 2 nitrogen and oxygen atoms in total. The molecule has 1 heterocycles. The van der Waals surface area contributed by atoms with E-state index in [1.807, 2.05) is 6.20 Å². The zero-order valence-electron chi connectivity index (χ0n) is 7.92. The van der Waals surface area contributed by atoms with Crippen molar-refractivity contribution in [3.05, 3.63) is 39.6 Å². The van der Waals surface area contributed by atoms with E-state index in [1.54, 1.807) is 0 Å². The molecule has 0 atom stereocenters. The van der Waals surface area contributed by atoms with E-state index in [9.17, 15) is 0 Å². The SMILES string of the molecule is CCc1ccc(-c2[nH]ncc2I)cc1. The number of halogens is 1. The van der Waals surface area contributed by atoms with E-state index in [1.165, 1.54) is 11.1 Å². The van der Waals surface area contributed by atoms with Crippen molar-refractivity contribution in [2.24, 2.45) is 0 Å². The number of hydrogen-bond acceptors (Lipinski definition) is 1. The van der Waals surface area contributed by atoms with Crippen LogP contribution < -0.4 is 0 Å². The Morgan fingerprint density at radius 1 is 1.29 bits per heavy atom. The monoisotopic (exact) mass is 298 g/mol. The first-order chi connectivity index (χ1) is 6.81. The molecule has 0 saturated heterocycles. The summed E-state index contributed by atoms with van der Waals surface area (Å²) in [5, 5.41) is 7.01. The second kappa shape index (κ2) is 4.13. The highest BCUT2D eigenvalue weighted by molar-refractivity contribution is 14.1. The topological polar surface area (TPSA) is 28.7 Å². The zero-order chi connectivity index (χ0) is 9.97. The third-order valence-corrected chi connectivity index (χ3v) is 3.06. The lowest BCUT2D eigenvalue weighted by Crippen LogP contribution is -1.83. The average Bonchev–Trinajstić information content (AvgIpc) is 2.65. The van der Waals surface area contributed by atoms with Gasteiger partial charge in [0.15, 0.2) is 0 Å². The Labute approximate surface area is 96.9 Å². The van der Waals surface area contributed by atoms with Gasteiger partial charge in [0.2, 0.25) is 0 Å². The fourth-order valence-electron chi connectivity index (χ4n) is 1.38. The van der Waals surface area contributed by atoms with Crippen LogP contribution in [0.2, 0.25) is 0 Å². The van der Waals surface area contributed by atoms with Gasteiger partial charge in [-0.3, -0.25) is 5.10 Å². The van der Waals surface area contributed by atoms with E-state index >= 15 is 0 Å².